The van der Waals surface area contributed by atoms with Crippen molar-refractivity contribution in [3.05, 3.63) is 71.9 Å². The molecular weight excluding hydrogens is 342 g/mol. The summed E-state index contributed by atoms with van der Waals surface area (Å²) in [5.41, 5.74) is 14.1. The molecule has 4 rings (SSSR count). The first-order valence-corrected chi connectivity index (χ1v) is 8.89. The van der Waals surface area contributed by atoms with Gasteiger partial charge in [0, 0.05) is 23.6 Å². The lowest BCUT2D eigenvalue weighted by atomic mass is 9.94. The Kier molecular flexibility index (Phi) is 4.86. The van der Waals surface area contributed by atoms with Crippen LogP contribution >= 0.6 is 0 Å². The number of para-hydroxylation sites is 1. The third-order valence-electron chi connectivity index (χ3n) is 4.83. The molecule has 2 aromatic carbocycles. The number of hydrogen-bond donors (Lipinski definition) is 5. The molecule has 0 spiro atoms. The first-order chi connectivity index (χ1) is 13.2. The lowest BCUT2D eigenvalue weighted by Gasteiger charge is -2.18. The Morgan fingerprint density at radius 3 is 2.63 bits per heavy atom. The molecule has 2 heterocycles. The summed E-state index contributed by atoms with van der Waals surface area (Å²) in [5.74, 6) is -0.808. The zero-order valence-corrected chi connectivity index (χ0v) is 14.7. The standard InChI is InChI=1S/C20H21N5O2/c26-18(10-14-11-21-17-9-5-4-8-15(14)17)23-25-20(27)16-12-22-24-19(16)13-6-2-1-3-7-13/h1-9,11,16,19,21-22,24H,10,12H2,(H,23,26)(H,25,27). The summed E-state index contributed by atoms with van der Waals surface area (Å²) in [6.07, 6.45) is 2.01. The Morgan fingerprint density at radius 2 is 1.78 bits per heavy atom. The molecule has 1 aromatic heterocycles. The van der Waals surface area contributed by atoms with Crippen LogP contribution in [0.4, 0.5) is 0 Å². The smallest absolute Gasteiger partial charge is 0.244 e. The summed E-state index contributed by atoms with van der Waals surface area (Å²) in [6.45, 7) is 0.490. The number of aromatic nitrogens is 1. The first kappa shape index (κ1) is 17.3. The molecule has 27 heavy (non-hydrogen) atoms. The van der Waals surface area contributed by atoms with Gasteiger partial charge < -0.3 is 4.98 Å². The summed E-state index contributed by atoms with van der Waals surface area (Å²) in [6, 6.07) is 17.4. The first-order valence-electron chi connectivity index (χ1n) is 8.89. The highest BCUT2D eigenvalue weighted by Crippen LogP contribution is 2.24. The molecule has 7 heteroatoms. The molecular formula is C20H21N5O2. The van der Waals surface area contributed by atoms with Crippen LogP contribution in [0.25, 0.3) is 10.9 Å². The minimum absolute atomic E-state index is 0.142. The number of benzene rings is 2. The van der Waals surface area contributed by atoms with Crippen molar-refractivity contribution >= 4 is 22.7 Å². The van der Waals surface area contributed by atoms with E-state index in [2.05, 4.69) is 26.7 Å². The van der Waals surface area contributed by atoms with Gasteiger partial charge in [0.2, 0.25) is 11.8 Å². The molecule has 1 fully saturated rings. The van der Waals surface area contributed by atoms with Crippen LogP contribution in [0, 0.1) is 5.92 Å². The van der Waals surface area contributed by atoms with Crippen LogP contribution in [0.3, 0.4) is 0 Å². The van der Waals surface area contributed by atoms with Crippen LogP contribution in [0.5, 0.6) is 0 Å². The van der Waals surface area contributed by atoms with Gasteiger partial charge in [-0.05, 0) is 17.2 Å². The molecule has 0 bridgehead atoms. The van der Waals surface area contributed by atoms with Gasteiger partial charge in [0.05, 0.1) is 18.4 Å². The molecule has 7 nitrogen and oxygen atoms in total. The highest BCUT2D eigenvalue weighted by atomic mass is 16.2. The van der Waals surface area contributed by atoms with Crippen molar-refractivity contribution in [3.63, 3.8) is 0 Å². The van der Waals surface area contributed by atoms with Gasteiger partial charge in [-0.2, -0.15) is 0 Å². The molecule has 3 aromatic rings. The molecule has 0 aliphatic carbocycles. The number of carbonyl (C=O) groups excluding carboxylic acids is 2. The van der Waals surface area contributed by atoms with Crippen molar-refractivity contribution in [2.45, 2.75) is 12.5 Å². The fourth-order valence-corrected chi connectivity index (χ4v) is 3.44. The van der Waals surface area contributed by atoms with Crippen molar-refractivity contribution in [3.8, 4) is 0 Å². The van der Waals surface area contributed by atoms with Crippen LogP contribution in [-0.4, -0.2) is 23.3 Å². The Bertz CT molecular complexity index is 953. The van der Waals surface area contributed by atoms with E-state index in [1.54, 1.807) is 0 Å². The molecule has 0 saturated carbocycles. The van der Waals surface area contributed by atoms with Crippen LogP contribution in [-0.2, 0) is 16.0 Å². The van der Waals surface area contributed by atoms with E-state index >= 15 is 0 Å². The number of rotatable bonds is 4. The highest BCUT2D eigenvalue weighted by Gasteiger charge is 2.34. The van der Waals surface area contributed by atoms with E-state index in [0.717, 1.165) is 22.0 Å². The quantitative estimate of drug-likeness (QED) is 0.452. The van der Waals surface area contributed by atoms with Gasteiger partial charge >= 0.3 is 0 Å². The van der Waals surface area contributed by atoms with Crippen LogP contribution in [0.1, 0.15) is 17.2 Å². The summed E-state index contributed by atoms with van der Waals surface area (Å²) in [4.78, 5) is 27.9. The monoisotopic (exact) mass is 363 g/mol. The second kappa shape index (κ2) is 7.61. The molecule has 1 saturated heterocycles. The van der Waals surface area contributed by atoms with E-state index < -0.39 is 0 Å². The summed E-state index contributed by atoms with van der Waals surface area (Å²) in [7, 11) is 0. The van der Waals surface area contributed by atoms with E-state index in [1.807, 2.05) is 60.8 Å². The molecule has 138 valence electrons. The zero-order chi connectivity index (χ0) is 18.6. The molecule has 2 unspecified atom stereocenters. The average Bonchev–Trinajstić information content (AvgIpc) is 3.35. The normalized spacial score (nSPS) is 19.1. The molecule has 2 atom stereocenters. The maximum atomic E-state index is 12.5. The summed E-state index contributed by atoms with van der Waals surface area (Å²) in [5, 5.41) is 1.01. The van der Waals surface area contributed by atoms with Crippen LogP contribution in [0.2, 0.25) is 0 Å². The van der Waals surface area contributed by atoms with Crippen LogP contribution < -0.4 is 21.7 Å². The second-order valence-corrected chi connectivity index (χ2v) is 6.59. The number of aromatic amines is 1. The number of H-pyrrole nitrogens is 1. The minimum atomic E-state index is -0.319. The van der Waals surface area contributed by atoms with Gasteiger partial charge in [-0.25, -0.2) is 5.43 Å². The predicted molar refractivity (Wildman–Crippen MR) is 102 cm³/mol. The van der Waals surface area contributed by atoms with Crippen molar-refractivity contribution in [1.29, 1.82) is 0 Å². The molecule has 0 radical (unpaired) electrons. The van der Waals surface area contributed by atoms with Crippen molar-refractivity contribution in [2.24, 2.45) is 5.92 Å². The number of amides is 2. The maximum Gasteiger partial charge on any atom is 0.244 e. The third-order valence-corrected chi connectivity index (χ3v) is 4.83. The lowest BCUT2D eigenvalue weighted by Crippen LogP contribution is -2.46. The maximum absolute atomic E-state index is 12.5. The van der Waals surface area contributed by atoms with Crippen molar-refractivity contribution in [2.75, 3.05) is 6.54 Å². The SMILES string of the molecule is O=C(Cc1c[nH]c2ccccc12)NNC(=O)C1CNNC1c1ccccc1. The van der Waals surface area contributed by atoms with E-state index in [4.69, 9.17) is 0 Å². The number of hydrazine groups is 2. The second-order valence-electron chi connectivity index (χ2n) is 6.59. The number of hydrogen-bond acceptors (Lipinski definition) is 4. The molecule has 1 aliphatic heterocycles. The summed E-state index contributed by atoms with van der Waals surface area (Å²) >= 11 is 0. The van der Waals surface area contributed by atoms with Gasteiger partial charge in [-0.3, -0.25) is 25.9 Å². The Labute approximate surface area is 156 Å². The Hall–Kier alpha value is -3.16. The summed E-state index contributed by atoms with van der Waals surface area (Å²) < 4.78 is 0. The fourth-order valence-electron chi connectivity index (χ4n) is 3.44. The van der Waals surface area contributed by atoms with E-state index in [1.165, 1.54) is 0 Å². The average molecular weight is 363 g/mol. The van der Waals surface area contributed by atoms with Crippen molar-refractivity contribution < 1.29 is 9.59 Å². The largest absolute Gasteiger partial charge is 0.361 e. The molecule has 5 N–H and O–H groups in total. The van der Waals surface area contributed by atoms with E-state index in [0.29, 0.717) is 6.54 Å². The lowest BCUT2D eigenvalue weighted by molar-refractivity contribution is -0.131. The van der Waals surface area contributed by atoms with Crippen molar-refractivity contribution in [1.82, 2.24) is 26.7 Å². The Morgan fingerprint density at radius 1 is 1.00 bits per heavy atom. The fraction of sp³-hybridized carbons (Fsp3) is 0.200. The van der Waals surface area contributed by atoms with Gasteiger partial charge in [0.15, 0.2) is 0 Å². The Balaban J connectivity index is 1.35. The van der Waals surface area contributed by atoms with Gasteiger partial charge in [0.25, 0.3) is 0 Å². The highest BCUT2D eigenvalue weighted by molar-refractivity contribution is 5.90. The van der Waals surface area contributed by atoms with E-state index in [-0.39, 0.29) is 30.2 Å². The predicted octanol–water partition coefficient (Wildman–Crippen LogP) is 1.32. The molecule has 2 amide bonds. The van der Waals surface area contributed by atoms with Gasteiger partial charge in [0.1, 0.15) is 0 Å². The zero-order valence-electron chi connectivity index (χ0n) is 14.7. The van der Waals surface area contributed by atoms with Gasteiger partial charge in [-0.1, -0.05) is 48.5 Å². The van der Waals surface area contributed by atoms with E-state index in [9.17, 15) is 9.59 Å². The minimum Gasteiger partial charge on any atom is -0.361 e. The van der Waals surface area contributed by atoms with Crippen LogP contribution in [0.15, 0.2) is 60.8 Å². The molecule has 1 aliphatic rings. The topological polar surface area (TPSA) is 98.1 Å². The number of fused-ring (bicyclic) bond motifs is 1. The van der Waals surface area contributed by atoms with Gasteiger partial charge in [-0.15, -0.1) is 0 Å². The third kappa shape index (κ3) is 3.69. The number of nitrogens with one attached hydrogen (secondary N) is 5. The number of carbonyl (C=O) groups is 2.